The lowest BCUT2D eigenvalue weighted by atomic mass is 10.2. The molecule has 1 aromatic heterocycles. The number of hydrogen-bond acceptors (Lipinski definition) is 3. The van der Waals surface area contributed by atoms with Gasteiger partial charge in [-0.1, -0.05) is 65.8 Å². The highest BCUT2D eigenvalue weighted by atomic mass is 35.5. The van der Waals surface area contributed by atoms with Gasteiger partial charge in [0.15, 0.2) is 5.16 Å². The number of carbonyl (C=O) groups is 1. The Morgan fingerprint density at radius 3 is 2.62 bits per heavy atom. The number of thioether (sulfide) groups is 1. The summed E-state index contributed by atoms with van der Waals surface area (Å²) in [5.74, 6) is 0.155. The van der Waals surface area contributed by atoms with Crippen molar-refractivity contribution < 1.29 is 4.79 Å². The molecule has 4 nitrogen and oxygen atoms in total. The standard InChI is InChI=1S/C18H16ClN3OS/c1-22-16(13-7-3-2-4-8-13)11-20-18(22)24-12-17(23)21-15-10-6-5-9-14(15)19/h2-11H,12H2,1H3,(H,21,23). The molecule has 3 aromatic rings. The third-order valence-corrected chi connectivity index (χ3v) is 4.87. The Morgan fingerprint density at radius 1 is 1.17 bits per heavy atom. The molecule has 1 amide bonds. The van der Waals surface area contributed by atoms with E-state index in [1.165, 1.54) is 11.8 Å². The summed E-state index contributed by atoms with van der Waals surface area (Å²) in [7, 11) is 1.95. The van der Waals surface area contributed by atoms with Crippen molar-refractivity contribution in [2.75, 3.05) is 11.1 Å². The Balaban J connectivity index is 1.64. The number of carbonyl (C=O) groups excluding carboxylic acids is 1. The van der Waals surface area contributed by atoms with Crippen LogP contribution in [-0.2, 0) is 11.8 Å². The van der Waals surface area contributed by atoms with Gasteiger partial charge >= 0.3 is 0 Å². The van der Waals surface area contributed by atoms with E-state index in [9.17, 15) is 4.79 Å². The fourth-order valence-corrected chi connectivity index (χ4v) is 3.22. The van der Waals surface area contributed by atoms with Gasteiger partial charge in [-0.05, 0) is 17.7 Å². The van der Waals surface area contributed by atoms with Gasteiger partial charge in [0.05, 0.1) is 28.4 Å². The zero-order valence-corrected chi connectivity index (χ0v) is 14.6. The highest BCUT2D eigenvalue weighted by Crippen LogP contribution is 2.25. The first kappa shape index (κ1) is 16.6. The van der Waals surface area contributed by atoms with Crippen LogP contribution in [0.15, 0.2) is 66.0 Å². The lowest BCUT2D eigenvalue weighted by Crippen LogP contribution is -2.14. The second-order valence-electron chi connectivity index (χ2n) is 5.17. The predicted molar refractivity (Wildman–Crippen MR) is 99.4 cm³/mol. The molecule has 0 saturated heterocycles. The van der Waals surface area contributed by atoms with E-state index >= 15 is 0 Å². The molecule has 3 rings (SSSR count). The molecule has 0 aliphatic carbocycles. The van der Waals surface area contributed by atoms with Crippen LogP contribution in [0.25, 0.3) is 11.3 Å². The minimum absolute atomic E-state index is 0.114. The number of hydrogen-bond donors (Lipinski definition) is 1. The second kappa shape index (κ2) is 7.55. The summed E-state index contributed by atoms with van der Waals surface area (Å²) in [6.45, 7) is 0. The summed E-state index contributed by atoms with van der Waals surface area (Å²) < 4.78 is 1.99. The quantitative estimate of drug-likeness (QED) is 0.685. The average Bonchev–Trinajstić information content (AvgIpc) is 2.97. The van der Waals surface area contributed by atoms with Crippen LogP contribution in [0.2, 0.25) is 5.02 Å². The van der Waals surface area contributed by atoms with Gasteiger partial charge < -0.3 is 9.88 Å². The molecule has 0 aliphatic heterocycles. The Hall–Kier alpha value is -2.24. The summed E-state index contributed by atoms with van der Waals surface area (Å²) in [6.07, 6.45) is 1.82. The zero-order chi connectivity index (χ0) is 16.9. The van der Waals surface area contributed by atoms with Crippen molar-refractivity contribution in [1.29, 1.82) is 0 Å². The maximum absolute atomic E-state index is 12.1. The monoisotopic (exact) mass is 357 g/mol. The molecule has 2 aromatic carbocycles. The molecule has 6 heteroatoms. The van der Waals surface area contributed by atoms with Gasteiger partial charge in [-0.15, -0.1) is 0 Å². The number of aromatic nitrogens is 2. The average molecular weight is 358 g/mol. The molecule has 24 heavy (non-hydrogen) atoms. The topological polar surface area (TPSA) is 46.9 Å². The number of benzene rings is 2. The first-order valence-electron chi connectivity index (χ1n) is 7.39. The molecule has 1 heterocycles. The molecule has 0 fully saturated rings. The Kier molecular flexibility index (Phi) is 5.23. The molecule has 1 N–H and O–H groups in total. The van der Waals surface area contributed by atoms with Gasteiger partial charge in [-0.3, -0.25) is 4.79 Å². The van der Waals surface area contributed by atoms with Crippen molar-refractivity contribution in [2.45, 2.75) is 5.16 Å². The first-order valence-corrected chi connectivity index (χ1v) is 8.76. The van der Waals surface area contributed by atoms with Gasteiger partial charge in [0.2, 0.25) is 5.91 Å². The molecule has 0 unspecified atom stereocenters. The third-order valence-electron chi connectivity index (χ3n) is 3.50. The molecule has 122 valence electrons. The largest absolute Gasteiger partial charge is 0.324 e. The number of nitrogens with zero attached hydrogens (tertiary/aromatic N) is 2. The van der Waals surface area contributed by atoms with E-state index in [0.29, 0.717) is 10.7 Å². The Bertz CT molecular complexity index is 848. The molecule has 0 atom stereocenters. The number of imidazole rings is 1. The SMILES string of the molecule is Cn1c(-c2ccccc2)cnc1SCC(=O)Nc1ccccc1Cl. The van der Waals surface area contributed by atoms with Crippen LogP contribution in [0.4, 0.5) is 5.69 Å². The van der Waals surface area contributed by atoms with E-state index in [-0.39, 0.29) is 11.7 Å². The van der Waals surface area contributed by atoms with Gasteiger partial charge in [0.25, 0.3) is 0 Å². The normalized spacial score (nSPS) is 10.6. The van der Waals surface area contributed by atoms with Crippen molar-refractivity contribution in [3.05, 3.63) is 65.8 Å². The zero-order valence-electron chi connectivity index (χ0n) is 13.1. The van der Waals surface area contributed by atoms with Crippen molar-refractivity contribution in [3.63, 3.8) is 0 Å². The summed E-state index contributed by atoms with van der Waals surface area (Å²) in [4.78, 5) is 16.5. The highest BCUT2D eigenvalue weighted by molar-refractivity contribution is 7.99. The predicted octanol–water partition coefficient (Wildman–Crippen LogP) is 4.47. The van der Waals surface area contributed by atoms with Crippen molar-refractivity contribution in [3.8, 4) is 11.3 Å². The second-order valence-corrected chi connectivity index (χ2v) is 6.52. The summed E-state index contributed by atoms with van der Waals surface area (Å²) in [5, 5.41) is 4.13. The fourth-order valence-electron chi connectivity index (χ4n) is 2.28. The smallest absolute Gasteiger partial charge is 0.234 e. The van der Waals surface area contributed by atoms with Gasteiger partial charge in [0, 0.05) is 7.05 Å². The summed E-state index contributed by atoms with van der Waals surface area (Å²) >= 11 is 7.44. The fraction of sp³-hybridized carbons (Fsp3) is 0.111. The summed E-state index contributed by atoms with van der Waals surface area (Å²) in [6, 6.07) is 17.2. The van der Waals surface area contributed by atoms with Crippen LogP contribution in [-0.4, -0.2) is 21.2 Å². The number of para-hydroxylation sites is 1. The summed E-state index contributed by atoms with van der Waals surface area (Å²) in [5.41, 5.74) is 2.74. The van der Waals surface area contributed by atoms with E-state index < -0.39 is 0 Å². The van der Waals surface area contributed by atoms with Crippen LogP contribution in [0, 0.1) is 0 Å². The van der Waals surface area contributed by atoms with Gasteiger partial charge in [0.1, 0.15) is 0 Å². The van der Waals surface area contributed by atoms with E-state index in [1.54, 1.807) is 12.1 Å². The molecule has 0 spiro atoms. The third kappa shape index (κ3) is 3.80. The van der Waals surface area contributed by atoms with Gasteiger partial charge in [-0.2, -0.15) is 0 Å². The van der Waals surface area contributed by atoms with Crippen LogP contribution < -0.4 is 5.32 Å². The van der Waals surface area contributed by atoms with E-state index in [1.807, 2.05) is 60.3 Å². The maximum atomic E-state index is 12.1. The number of halogens is 1. The van der Waals surface area contributed by atoms with Gasteiger partial charge in [-0.25, -0.2) is 4.98 Å². The molecule has 0 bridgehead atoms. The van der Waals surface area contributed by atoms with Crippen molar-refractivity contribution in [1.82, 2.24) is 9.55 Å². The number of rotatable bonds is 5. The molecule has 0 aliphatic rings. The van der Waals surface area contributed by atoms with E-state index in [4.69, 9.17) is 11.6 Å². The van der Waals surface area contributed by atoms with Crippen molar-refractivity contribution >= 4 is 35.0 Å². The lowest BCUT2D eigenvalue weighted by molar-refractivity contribution is -0.113. The Labute approximate surface area is 149 Å². The minimum atomic E-state index is -0.114. The lowest BCUT2D eigenvalue weighted by Gasteiger charge is -2.08. The van der Waals surface area contributed by atoms with E-state index in [0.717, 1.165) is 16.4 Å². The first-order chi connectivity index (χ1) is 11.6. The Morgan fingerprint density at radius 2 is 1.88 bits per heavy atom. The number of nitrogens with one attached hydrogen (secondary N) is 1. The molecule has 0 saturated carbocycles. The van der Waals surface area contributed by atoms with Crippen LogP contribution in [0.5, 0.6) is 0 Å². The van der Waals surface area contributed by atoms with Crippen LogP contribution >= 0.6 is 23.4 Å². The number of amides is 1. The molecule has 0 radical (unpaired) electrons. The van der Waals surface area contributed by atoms with Crippen LogP contribution in [0.1, 0.15) is 0 Å². The molecular formula is C18H16ClN3OS. The highest BCUT2D eigenvalue weighted by Gasteiger charge is 2.11. The van der Waals surface area contributed by atoms with Crippen molar-refractivity contribution in [2.24, 2.45) is 7.05 Å². The van der Waals surface area contributed by atoms with Crippen LogP contribution in [0.3, 0.4) is 0 Å². The molecular weight excluding hydrogens is 342 g/mol. The number of anilines is 1. The van der Waals surface area contributed by atoms with E-state index in [2.05, 4.69) is 10.3 Å². The minimum Gasteiger partial charge on any atom is -0.324 e. The maximum Gasteiger partial charge on any atom is 0.234 e.